The minimum absolute atomic E-state index is 0.598. The summed E-state index contributed by atoms with van der Waals surface area (Å²) in [5.74, 6) is 0. The maximum Gasteiger partial charge on any atom is 0.116 e. The Bertz CT molecular complexity index is 485. The van der Waals surface area contributed by atoms with Crippen molar-refractivity contribution in [1.29, 1.82) is 0 Å². The van der Waals surface area contributed by atoms with Crippen molar-refractivity contribution in [3.05, 3.63) is 42.1 Å². The molecule has 0 aliphatic rings. The zero-order valence-corrected chi connectivity index (χ0v) is 10.1. The fraction of sp³-hybridized carbons (Fsp3) is 0.250. The average Bonchev–Trinajstić information content (AvgIpc) is 2.61. The number of thiol groups is 1. The van der Waals surface area contributed by atoms with Crippen molar-refractivity contribution in [3.63, 3.8) is 0 Å². The highest BCUT2D eigenvalue weighted by Gasteiger charge is 2.22. The molecular weight excluding hydrogens is 220 g/mol. The van der Waals surface area contributed by atoms with Crippen LogP contribution < -0.4 is 0 Å². The normalized spacial score (nSPS) is 11.8. The maximum absolute atomic E-state index is 10.0. The van der Waals surface area contributed by atoms with Gasteiger partial charge in [0.25, 0.3) is 0 Å². The van der Waals surface area contributed by atoms with Gasteiger partial charge in [-0.25, -0.2) is 4.68 Å². The highest BCUT2D eigenvalue weighted by Crippen LogP contribution is 2.24. The Morgan fingerprint density at radius 3 is 2.44 bits per heavy atom. The van der Waals surface area contributed by atoms with E-state index in [9.17, 15) is 5.11 Å². The Morgan fingerprint density at radius 1 is 1.25 bits per heavy atom. The van der Waals surface area contributed by atoms with Gasteiger partial charge in [0.15, 0.2) is 0 Å². The molecule has 2 rings (SSSR count). The lowest BCUT2D eigenvalue weighted by molar-refractivity contribution is 0.0711. The molecule has 1 aromatic carbocycles. The molecule has 0 atom stereocenters. The first kappa shape index (κ1) is 11.2. The molecule has 1 N–H and O–H groups in total. The van der Waals surface area contributed by atoms with Gasteiger partial charge in [0.05, 0.1) is 11.4 Å². The average molecular weight is 234 g/mol. The van der Waals surface area contributed by atoms with E-state index in [1.807, 2.05) is 30.3 Å². The first-order valence-corrected chi connectivity index (χ1v) is 5.50. The van der Waals surface area contributed by atoms with E-state index in [1.54, 1.807) is 24.6 Å². The van der Waals surface area contributed by atoms with E-state index in [-0.39, 0.29) is 0 Å². The summed E-state index contributed by atoms with van der Waals surface area (Å²) in [4.78, 5) is 0. The molecule has 0 radical (unpaired) electrons. The smallest absolute Gasteiger partial charge is 0.116 e. The fourth-order valence-corrected chi connectivity index (χ4v) is 1.78. The molecule has 16 heavy (non-hydrogen) atoms. The van der Waals surface area contributed by atoms with Gasteiger partial charge in [0, 0.05) is 0 Å². The number of para-hydroxylation sites is 1. The van der Waals surface area contributed by atoms with Gasteiger partial charge in [-0.05, 0) is 32.0 Å². The standard InChI is InChI=1S/C12H14N2OS/c1-12(2,15)10-8-11(16)13-14(10)9-6-4-3-5-7-9/h3-8,15H,1-2H3,(H,13,16). The third kappa shape index (κ3) is 2.13. The number of hydrogen-bond donors (Lipinski definition) is 2. The monoisotopic (exact) mass is 234 g/mol. The quantitative estimate of drug-likeness (QED) is 0.783. The van der Waals surface area contributed by atoms with E-state index in [0.717, 1.165) is 11.4 Å². The van der Waals surface area contributed by atoms with E-state index in [0.29, 0.717) is 5.03 Å². The third-order valence-electron chi connectivity index (χ3n) is 2.32. The van der Waals surface area contributed by atoms with E-state index < -0.39 is 5.60 Å². The molecule has 0 unspecified atom stereocenters. The minimum Gasteiger partial charge on any atom is -0.384 e. The lowest BCUT2D eigenvalue weighted by atomic mass is 10.1. The lowest BCUT2D eigenvalue weighted by Gasteiger charge is -2.18. The Hall–Kier alpha value is -1.26. The predicted molar refractivity (Wildman–Crippen MR) is 66.1 cm³/mol. The second kappa shape index (κ2) is 3.96. The highest BCUT2D eigenvalue weighted by atomic mass is 32.1. The summed E-state index contributed by atoms with van der Waals surface area (Å²) in [7, 11) is 0. The molecule has 0 aliphatic heterocycles. The zero-order valence-electron chi connectivity index (χ0n) is 9.25. The van der Waals surface area contributed by atoms with Crippen LogP contribution in [0.2, 0.25) is 0 Å². The van der Waals surface area contributed by atoms with Gasteiger partial charge in [-0.15, -0.1) is 12.6 Å². The molecule has 0 amide bonds. The molecule has 0 aliphatic carbocycles. The molecule has 1 heterocycles. The van der Waals surface area contributed by atoms with Crippen LogP contribution in [-0.2, 0) is 5.60 Å². The first-order valence-electron chi connectivity index (χ1n) is 5.06. The van der Waals surface area contributed by atoms with Crippen molar-refractivity contribution < 1.29 is 5.11 Å². The van der Waals surface area contributed by atoms with E-state index in [2.05, 4.69) is 17.7 Å². The molecule has 0 fully saturated rings. The largest absolute Gasteiger partial charge is 0.384 e. The molecular formula is C12H14N2OS. The van der Waals surface area contributed by atoms with Crippen LogP contribution in [0, 0.1) is 0 Å². The van der Waals surface area contributed by atoms with E-state index in [4.69, 9.17) is 0 Å². The number of nitrogens with zero attached hydrogens (tertiary/aromatic N) is 2. The molecule has 2 aromatic rings. The summed E-state index contributed by atoms with van der Waals surface area (Å²) >= 11 is 4.21. The topological polar surface area (TPSA) is 38.1 Å². The molecule has 84 valence electrons. The van der Waals surface area contributed by atoms with Crippen LogP contribution in [-0.4, -0.2) is 14.9 Å². The summed E-state index contributed by atoms with van der Waals surface area (Å²) in [6.07, 6.45) is 0. The molecule has 0 bridgehead atoms. The summed E-state index contributed by atoms with van der Waals surface area (Å²) < 4.78 is 1.71. The van der Waals surface area contributed by atoms with Crippen molar-refractivity contribution in [2.24, 2.45) is 0 Å². The van der Waals surface area contributed by atoms with Crippen LogP contribution >= 0.6 is 12.6 Å². The Labute approximate surface area is 100 Å². The van der Waals surface area contributed by atoms with Crippen LogP contribution in [0.5, 0.6) is 0 Å². The number of hydrogen-bond acceptors (Lipinski definition) is 3. The number of benzene rings is 1. The van der Waals surface area contributed by atoms with Crippen molar-refractivity contribution in [3.8, 4) is 5.69 Å². The van der Waals surface area contributed by atoms with Crippen LogP contribution in [0.4, 0.5) is 0 Å². The van der Waals surface area contributed by atoms with Gasteiger partial charge in [-0.1, -0.05) is 18.2 Å². The number of aromatic nitrogens is 2. The van der Waals surface area contributed by atoms with Gasteiger partial charge in [-0.3, -0.25) is 0 Å². The molecule has 3 nitrogen and oxygen atoms in total. The van der Waals surface area contributed by atoms with Crippen LogP contribution in [0.1, 0.15) is 19.5 Å². The lowest BCUT2D eigenvalue weighted by Crippen LogP contribution is -2.20. The first-order chi connectivity index (χ1) is 7.48. The Kier molecular flexibility index (Phi) is 2.78. The predicted octanol–water partition coefficient (Wildman–Crippen LogP) is 2.39. The van der Waals surface area contributed by atoms with Gasteiger partial charge in [0.1, 0.15) is 10.6 Å². The van der Waals surface area contributed by atoms with Crippen molar-refractivity contribution in [1.82, 2.24) is 9.78 Å². The van der Waals surface area contributed by atoms with E-state index in [1.165, 1.54) is 0 Å². The van der Waals surface area contributed by atoms with Crippen LogP contribution in [0.15, 0.2) is 41.4 Å². The highest BCUT2D eigenvalue weighted by molar-refractivity contribution is 7.80. The SMILES string of the molecule is CC(C)(O)c1cc(S)nn1-c1ccccc1. The van der Waals surface area contributed by atoms with Crippen molar-refractivity contribution >= 4 is 12.6 Å². The van der Waals surface area contributed by atoms with Crippen LogP contribution in [0.3, 0.4) is 0 Å². The van der Waals surface area contributed by atoms with Gasteiger partial charge in [0.2, 0.25) is 0 Å². The Morgan fingerprint density at radius 2 is 1.88 bits per heavy atom. The summed E-state index contributed by atoms with van der Waals surface area (Å²) in [5.41, 5.74) is 0.702. The molecule has 4 heteroatoms. The van der Waals surface area contributed by atoms with Crippen molar-refractivity contribution in [2.75, 3.05) is 0 Å². The van der Waals surface area contributed by atoms with Gasteiger partial charge in [-0.2, -0.15) is 5.10 Å². The van der Waals surface area contributed by atoms with Crippen LogP contribution in [0.25, 0.3) is 5.69 Å². The van der Waals surface area contributed by atoms with Crippen molar-refractivity contribution in [2.45, 2.75) is 24.5 Å². The summed E-state index contributed by atoms with van der Waals surface area (Å²) in [6.45, 7) is 3.47. The minimum atomic E-state index is -0.941. The molecule has 1 aromatic heterocycles. The third-order valence-corrected chi connectivity index (χ3v) is 2.54. The molecule has 0 spiro atoms. The zero-order chi connectivity index (χ0) is 11.8. The molecule has 0 saturated heterocycles. The fourth-order valence-electron chi connectivity index (χ4n) is 1.57. The second-order valence-electron chi connectivity index (χ2n) is 4.19. The van der Waals surface area contributed by atoms with Gasteiger partial charge >= 0.3 is 0 Å². The Balaban J connectivity index is 2.58. The second-order valence-corrected chi connectivity index (χ2v) is 4.65. The number of rotatable bonds is 2. The molecule has 0 saturated carbocycles. The summed E-state index contributed by atoms with van der Waals surface area (Å²) in [6, 6.07) is 11.5. The maximum atomic E-state index is 10.0. The van der Waals surface area contributed by atoms with E-state index >= 15 is 0 Å². The van der Waals surface area contributed by atoms with Gasteiger partial charge < -0.3 is 5.11 Å². The number of aliphatic hydroxyl groups is 1. The summed E-state index contributed by atoms with van der Waals surface area (Å²) in [5, 5.41) is 14.9.